The Morgan fingerprint density at radius 1 is 1.37 bits per heavy atom. The monoisotopic (exact) mass is 270 g/mol. The van der Waals surface area contributed by atoms with Crippen LogP contribution >= 0.6 is 0 Å². The summed E-state index contributed by atoms with van der Waals surface area (Å²) in [5, 5.41) is 29.3. The Bertz CT molecular complexity index is 431. The molecule has 19 heavy (non-hydrogen) atoms. The zero-order chi connectivity index (χ0) is 14.4. The van der Waals surface area contributed by atoms with E-state index in [1.165, 1.54) is 25.3 Å². The van der Waals surface area contributed by atoms with Crippen molar-refractivity contribution in [1.82, 2.24) is 0 Å². The second kappa shape index (κ2) is 6.96. The van der Waals surface area contributed by atoms with Crippen molar-refractivity contribution in [3.8, 4) is 11.5 Å². The molecule has 0 aliphatic heterocycles. The molecule has 2 unspecified atom stereocenters. The van der Waals surface area contributed by atoms with Crippen LogP contribution in [0.15, 0.2) is 18.2 Å². The maximum Gasteiger partial charge on any atom is 0.308 e. The van der Waals surface area contributed by atoms with E-state index >= 15 is 0 Å². The lowest BCUT2D eigenvalue weighted by Gasteiger charge is -2.18. The number of esters is 1. The zero-order valence-corrected chi connectivity index (χ0v) is 10.9. The lowest BCUT2D eigenvalue weighted by Crippen LogP contribution is -2.23. The molecule has 0 bridgehead atoms. The molecule has 106 valence electrons. The standard InChI is InChI=1S/C13H18O6/c1-3-19-12(16)7-11(15)13(17)9-5-4-8(18-2)6-10(9)14/h4-6,11,13-15,17H,3,7H2,1-2H3. The molecule has 3 N–H and O–H groups in total. The minimum atomic E-state index is -1.38. The SMILES string of the molecule is CCOC(=O)CC(O)C(O)c1ccc(OC)cc1O. The number of carbonyl (C=O) groups is 1. The Balaban J connectivity index is 2.76. The van der Waals surface area contributed by atoms with Gasteiger partial charge < -0.3 is 24.8 Å². The zero-order valence-electron chi connectivity index (χ0n) is 10.9. The molecule has 1 rings (SSSR count). The van der Waals surface area contributed by atoms with Crippen molar-refractivity contribution >= 4 is 5.97 Å². The normalized spacial score (nSPS) is 13.7. The third-order valence-electron chi connectivity index (χ3n) is 2.60. The number of aromatic hydroxyl groups is 1. The van der Waals surface area contributed by atoms with Gasteiger partial charge in [-0.3, -0.25) is 4.79 Å². The van der Waals surface area contributed by atoms with Crippen LogP contribution in [0.25, 0.3) is 0 Å². The van der Waals surface area contributed by atoms with Crippen LogP contribution in [0.2, 0.25) is 0 Å². The molecule has 0 amide bonds. The van der Waals surface area contributed by atoms with Crippen molar-refractivity contribution in [1.29, 1.82) is 0 Å². The number of hydrogen-bond donors (Lipinski definition) is 3. The molecule has 0 aromatic heterocycles. The van der Waals surface area contributed by atoms with Crippen LogP contribution in [0.3, 0.4) is 0 Å². The second-order valence-corrected chi connectivity index (χ2v) is 3.95. The van der Waals surface area contributed by atoms with Crippen LogP contribution in [0.5, 0.6) is 11.5 Å². The number of methoxy groups -OCH3 is 1. The molecule has 1 aromatic rings. The van der Waals surface area contributed by atoms with E-state index in [0.29, 0.717) is 5.75 Å². The van der Waals surface area contributed by atoms with Gasteiger partial charge in [-0.25, -0.2) is 0 Å². The molecule has 0 radical (unpaired) electrons. The van der Waals surface area contributed by atoms with Crippen molar-refractivity contribution in [2.75, 3.05) is 13.7 Å². The van der Waals surface area contributed by atoms with Crippen molar-refractivity contribution in [3.05, 3.63) is 23.8 Å². The number of aliphatic hydroxyl groups excluding tert-OH is 2. The summed E-state index contributed by atoms with van der Waals surface area (Å²) in [6.07, 6.45) is -3.07. The number of benzene rings is 1. The van der Waals surface area contributed by atoms with Gasteiger partial charge in [0.25, 0.3) is 0 Å². The van der Waals surface area contributed by atoms with E-state index in [2.05, 4.69) is 4.74 Å². The average molecular weight is 270 g/mol. The highest BCUT2D eigenvalue weighted by Gasteiger charge is 2.24. The molecule has 0 heterocycles. The molecule has 0 saturated heterocycles. The van der Waals surface area contributed by atoms with Crippen LogP contribution < -0.4 is 4.74 Å². The highest BCUT2D eigenvalue weighted by atomic mass is 16.5. The first-order valence-electron chi connectivity index (χ1n) is 5.88. The lowest BCUT2D eigenvalue weighted by atomic mass is 10.0. The Hall–Kier alpha value is -1.79. The Morgan fingerprint density at radius 2 is 2.05 bits per heavy atom. The maximum absolute atomic E-state index is 11.2. The van der Waals surface area contributed by atoms with Crippen LogP contribution in [0.1, 0.15) is 25.0 Å². The third kappa shape index (κ3) is 4.11. The van der Waals surface area contributed by atoms with Gasteiger partial charge in [0.2, 0.25) is 0 Å². The van der Waals surface area contributed by atoms with Crippen LogP contribution in [0.4, 0.5) is 0 Å². The molecule has 0 aliphatic rings. The van der Waals surface area contributed by atoms with Gasteiger partial charge in [-0.05, 0) is 19.1 Å². The third-order valence-corrected chi connectivity index (χ3v) is 2.60. The molecule has 6 nitrogen and oxygen atoms in total. The fourth-order valence-electron chi connectivity index (χ4n) is 1.61. The summed E-state index contributed by atoms with van der Waals surface area (Å²) in [6, 6.07) is 4.28. The quantitative estimate of drug-likeness (QED) is 0.660. The van der Waals surface area contributed by atoms with Gasteiger partial charge in [-0.2, -0.15) is 0 Å². The summed E-state index contributed by atoms with van der Waals surface area (Å²) in [5.74, 6) is -0.398. The van der Waals surface area contributed by atoms with E-state index in [1.54, 1.807) is 6.92 Å². The number of rotatable bonds is 6. The number of carbonyl (C=O) groups excluding carboxylic acids is 1. The predicted molar refractivity (Wildman–Crippen MR) is 66.9 cm³/mol. The summed E-state index contributed by atoms with van der Waals surface area (Å²) in [4.78, 5) is 11.2. The molecule has 2 atom stereocenters. The van der Waals surface area contributed by atoms with Crippen molar-refractivity contribution in [2.24, 2.45) is 0 Å². The van der Waals surface area contributed by atoms with Gasteiger partial charge in [0.05, 0.1) is 26.2 Å². The second-order valence-electron chi connectivity index (χ2n) is 3.95. The number of phenolic OH excluding ortho intramolecular Hbond substituents is 1. The molecule has 0 aliphatic carbocycles. The van der Waals surface area contributed by atoms with Gasteiger partial charge in [0, 0.05) is 11.6 Å². The summed E-state index contributed by atoms with van der Waals surface area (Å²) >= 11 is 0. The Kier molecular flexibility index (Phi) is 5.59. The van der Waals surface area contributed by atoms with Crippen LogP contribution in [0, 0.1) is 0 Å². The van der Waals surface area contributed by atoms with Gasteiger partial charge in [-0.15, -0.1) is 0 Å². The predicted octanol–water partition coefficient (Wildman–Crippen LogP) is 0.748. The first kappa shape index (κ1) is 15.3. The molecule has 0 fully saturated rings. The number of phenols is 1. The molecular formula is C13H18O6. The summed E-state index contributed by atoms with van der Waals surface area (Å²) in [7, 11) is 1.44. The van der Waals surface area contributed by atoms with Gasteiger partial charge >= 0.3 is 5.97 Å². The first-order chi connectivity index (χ1) is 8.99. The molecule has 0 saturated carbocycles. The van der Waals surface area contributed by atoms with E-state index in [-0.39, 0.29) is 24.3 Å². The number of aliphatic hydroxyl groups is 2. The van der Waals surface area contributed by atoms with Crippen molar-refractivity contribution in [3.63, 3.8) is 0 Å². The smallest absolute Gasteiger partial charge is 0.308 e. The van der Waals surface area contributed by atoms with Crippen LogP contribution in [-0.4, -0.2) is 41.1 Å². The van der Waals surface area contributed by atoms with Crippen molar-refractivity contribution < 1.29 is 29.6 Å². The Labute approximate surface area is 111 Å². The molecule has 0 spiro atoms. The summed E-state index contributed by atoms with van der Waals surface area (Å²) < 4.78 is 9.58. The van der Waals surface area contributed by atoms with E-state index < -0.39 is 18.2 Å². The fourth-order valence-corrected chi connectivity index (χ4v) is 1.61. The minimum absolute atomic E-state index is 0.123. The van der Waals surface area contributed by atoms with Gasteiger partial charge in [0.15, 0.2) is 0 Å². The van der Waals surface area contributed by atoms with Gasteiger partial charge in [-0.1, -0.05) is 0 Å². The lowest BCUT2D eigenvalue weighted by molar-refractivity contribution is -0.147. The van der Waals surface area contributed by atoms with E-state index in [1.807, 2.05) is 0 Å². The first-order valence-corrected chi connectivity index (χ1v) is 5.88. The summed E-state index contributed by atoms with van der Waals surface area (Å²) in [5.41, 5.74) is 0.123. The van der Waals surface area contributed by atoms with Crippen molar-refractivity contribution in [2.45, 2.75) is 25.6 Å². The minimum Gasteiger partial charge on any atom is -0.507 e. The number of ether oxygens (including phenoxy) is 2. The van der Waals surface area contributed by atoms with E-state index in [9.17, 15) is 20.1 Å². The Morgan fingerprint density at radius 3 is 2.58 bits per heavy atom. The molecule has 1 aromatic carbocycles. The number of hydrogen-bond acceptors (Lipinski definition) is 6. The fraction of sp³-hybridized carbons (Fsp3) is 0.462. The topological polar surface area (TPSA) is 96.2 Å². The molecular weight excluding hydrogens is 252 g/mol. The largest absolute Gasteiger partial charge is 0.507 e. The van der Waals surface area contributed by atoms with Gasteiger partial charge in [0.1, 0.15) is 17.6 Å². The molecule has 6 heteroatoms. The highest BCUT2D eigenvalue weighted by Crippen LogP contribution is 2.30. The van der Waals surface area contributed by atoms with E-state index in [4.69, 9.17) is 4.74 Å². The summed E-state index contributed by atoms with van der Waals surface area (Å²) in [6.45, 7) is 1.85. The average Bonchev–Trinajstić information content (AvgIpc) is 2.37. The van der Waals surface area contributed by atoms with Crippen LogP contribution in [-0.2, 0) is 9.53 Å². The van der Waals surface area contributed by atoms with E-state index in [0.717, 1.165) is 0 Å². The maximum atomic E-state index is 11.2. The highest BCUT2D eigenvalue weighted by molar-refractivity contribution is 5.70.